The Bertz CT molecular complexity index is 1250. The van der Waals surface area contributed by atoms with E-state index in [-0.39, 0.29) is 30.1 Å². The Hall–Kier alpha value is -3.52. The third kappa shape index (κ3) is 5.12. The molecule has 0 spiro atoms. The molecule has 3 aromatic carbocycles. The lowest BCUT2D eigenvalue weighted by molar-refractivity contribution is -0.118. The normalized spacial score (nSPS) is 15.4. The number of hydrogen-bond acceptors (Lipinski definition) is 5. The van der Waals surface area contributed by atoms with Gasteiger partial charge < -0.3 is 14.8 Å². The molecule has 1 heterocycles. The van der Waals surface area contributed by atoms with Gasteiger partial charge >= 0.3 is 0 Å². The number of hydrogen-bond donors (Lipinski definition) is 1. The van der Waals surface area contributed by atoms with Crippen LogP contribution in [0.25, 0.3) is 0 Å². The van der Waals surface area contributed by atoms with Crippen LogP contribution in [0.5, 0.6) is 11.5 Å². The number of anilines is 2. The molecule has 7 nitrogen and oxygen atoms in total. The highest BCUT2D eigenvalue weighted by molar-refractivity contribution is 7.92. The van der Waals surface area contributed by atoms with Crippen LogP contribution >= 0.6 is 0 Å². The van der Waals surface area contributed by atoms with Crippen molar-refractivity contribution in [1.82, 2.24) is 0 Å². The number of carbonyl (C=O) groups is 1. The van der Waals surface area contributed by atoms with Gasteiger partial charge in [-0.25, -0.2) is 8.42 Å². The second-order valence-corrected chi connectivity index (χ2v) is 9.98. The van der Waals surface area contributed by atoms with E-state index in [9.17, 15) is 13.2 Å². The second kappa shape index (κ2) is 9.15. The summed E-state index contributed by atoms with van der Waals surface area (Å²) in [6.45, 7) is 5.83. The molecule has 0 unspecified atom stereocenters. The number of amides is 1. The summed E-state index contributed by atoms with van der Waals surface area (Å²) < 4.78 is 39.3. The lowest BCUT2D eigenvalue weighted by Gasteiger charge is -2.34. The molecular weight excluding hydrogens is 440 g/mol. The molecule has 3 aromatic rings. The molecule has 8 heteroatoms. The summed E-state index contributed by atoms with van der Waals surface area (Å²) in [6, 6.07) is 18.9. The number of rotatable bonds is 6. The number of aryl methyl sites for hydroxylation is 2. The van der Waals surface area contributed by atoms with Crippen molar-refractivity contribution >= 4 is 27.3 Å². The molecule has 0 aromatic heterocycles. The molecule has 0 bridgehead atoms. The van der Waals surface area contributed by atoms with Crippen LogP contribution in [0.15, 0.2) is 71.6 Å². The van der Waals surface area contributed by atoms with E-state index in [0.717, 1.165) is 11.1 Å². The first-order chi connectivity index (χ1) is 15.7. The predicted molar refractivity (Wildman–Crippen MR) is 128 cm³/mol. The number of ether oxygens (including phenoxy) is 2. The Morgan fingerprint density at radius 2 is 1.73 bits per heavy atom. The molecule has 33 heavy (non-hydrogen) atoms. The number of nitrogens with zero attached hydrogens (tertiary/aromatic N) is 1. The standard InChI is InChI=1S/C25H26N2O5S/c1-17-12-18(2)14-21(13-17)31-16-25(28)26-20-8-10-22(11-9-20)33(29,30)27-15-19(3)32-24-7-5-4-6-23(24)27/h4-14,19H,15-16H2,1-3H3,(H,26,28)/t19-/m0/s1. The molecule has 1 amide bonds. The molecular formula is C25H26N2O5S. The van der Waals surface area contributed by atoms with Crippen molar-refractivity contribution in [1.29, 1.82) is 0 Å². The number of nitrogens with one attached hydrogen (secondary N) is 1. The minimum Gasteiger partial charge on any atom is -0.487 e. The average molecular weight is 467 g/mol. The Balaban J connectivity index is 1.44. The number of carbonyl (C=O) groups excluding carboxylic acids is 1. The molecule has 172 valence electrons. The third-order valence-corrected chi connectivity index (χ3v) is 6.97. The fourth-order valence-electron chi connectivity index (χ4n) is 3.78. The van der Waals surface area contributed by atoms with Crippen LogP contribution in [0.1, 0.15) is 18.1 Å². The zero-order chi connectivity index (χ0) is 23.6. The second-order valence-electron chi connectivity index (χ2n) is 8.12. The van der Waals surface area contributed by atoms with Crippen LogP contribution in [0, 0.1) is 13.8 Å². The summed E-state index contributed by atoms with van der Waals surface area (Å²) >= 11 is 0. The van der Waals surface area contributed by atoms with Crippen molar-refractivity contribution in [2.75, 3.05) is 22.8 Å². The fourth-order valence-corrected chi connectivity index (χ4v) is 5.33. The van der Waals surface area contributed by atoms with Crippen molar-refractivity contribution in [3.63, 3.8) is 0 Å². The van der Waals surface area contributed by atoms with Crippen LogP contribution in [0.4, 0.5) is 11.4 Å². The van der Waals surface area contributed by atoms with E-state index in [4.69, 9.17) is 9.47 Å². The molecule has 0 aliphatic carbocycles. The quantitative estimate of drug-likeness (QED) is 0.586. The SMILES string of the molecule is Cc1cc(C)cc(OCC(=O)Nc2ccc(S(=O)(=O)N3C[C@H](C)Oc4ccccc43)cc2)c1. The Morgan fingerprint density at radius 1 is 1.06 bits per heavy atom. The van der Waals surface area contributed by atoms with Crippen LogP contribution in [-0.2, 0) is 14.8 Å². The molecule has 0 radical (unpaired) electrons. The fraction of sp³-hybridized carbons (Fsp3) is 0.240. The largest absolute Gasteiger partial charge is 0.487 e. The van der Waals surface area contributed by atoms with Crippen LogP contribution < -0.4 is 19.1 Å². The number of benzene rings is 3. The van der Waals surface area contributed by atoms with Crippen LogP contribution in [0.2, 0.25) is 0 Å². The van der Waals surface area contributed by atoms with Crippen LogP contribution in [0.3, 0.4) is 0 Å². The maximum absolute atomic E-state index is 13.3. The van der Waals surface area contributed by atoms with E-state index >= 15 is 0 Å². The Kier molecular flexibility index (Phi) is 6.29. The lowest BCUT2D eigenvalue weighted by Crippen LogP contribution is -2.42. The van der Waals surface area contributed by atoms with E-state index in [2.05, 4.69) is 5.32 Å². The van der Waals surface area contributed by atoms with Gasteiger partial charge in [0, 0.05) is 5.69 Å². The minimum atomic E-state index is -3.79. The minimum absolute atomic E-state index is 0.135. The molecule has 1 aliphatic rings. The Labute approximate surface area is 194 Å². The average Bonchev–Trinajstić information content (AvgIpc) is 2.77. The van der Waals surface area contributed by atoms with E-state index < -0.39 is 10.0 Å². The monoisotopic (exact) mass is 466 g/mol. The van der Waals surface area contributed by atoms with Crippen molar-refractivity contribution in [3.8, 4) is 11.5 Å². The van der Waals surface area contributed by atoms with E-state index in [1.165, 1.54) is 16.4 Å². The highest BCUT2D eigenvalue weighted by atomic mass is 32.2. The van der Waals surface area contributed by atoms with Gasteiger partial charge in [0.05, 0.1) is 17.1 Å². The third-order valence-electron chi connectivity index (χ3n) is 5.18. The first kappa shape index (κ1) is 22.7. The maximum Gasteiger partial charge on any atom is 0.264 e. The summed E-state index contributed by atoms with van der Waals surface area (Å²) in [5.74, 6) is 0.831. The maximum atomic E-state index is 13.3. The molecule has 1 aliphatic heterocycles. The number of fused-ring (bicyclic) bond motifs is 1. The van der Waals surface area contributed by atoms with Crippen molar-refractivity contribution in [3.05, 3.63) is 77.9 Å². The Morgan fingerprint density at radius 3 is 2.42 bits per heavy atom. The van der Waals surface area contributed by atoms with Crippen molar-refractivity contribution in [2.24, 2.45) is 0 Å². The number of sulfonamides is 1. The smallest absolute Gasteiger partial charge is 0.264 e. The topological polar surface area (TPSA) is 84.9 Å². The van der Waals surface area contributed by atoms with Gasteiger partial charge in [-0.3, -0.25) is 9.10 Å². The van der Waals surface area contributed by atoms with Gasteiger partial charge in [-0.1, -0.05) is 18.2 Å². The van der Waals surface area contributed by atoms with E-state index in [1.54, 1.807) is 30.3 Å². The van der Waals surface area contributed by atoms with Gasteiger partial charge in [-0.05, 0) is 80.4 Å². The van der Waals surface area contributed by atoms with Gasteiger partial charge in [0.15, 0.2) is 6.61 Å². The summed E-state index contributed by atoms with van der Waals surface area (Å²) in [5, 5.41) is 2.73. The van der Waals surface area contributed by atoms with Gasteiger partial charge in [-0.2, -0.15) is 0 Å². The van der Waals surface area contributed by atoms with Gasteiger partial charge in [0.25, 0.3) is 15.9 Å². The zero-order valence-electron chi connectivity index (χ0n) is 18.7. The van der Waals surface area contributed by atoms with E-state index in [1.807, 2.05) is 45.0 Å². The summed E-state index contributed by atoms with van der Waals surface area (Å²) in [5.41, 5.74) is 3.11. The van der Waals surface area contributed by atoms with Gasteiger partial charge in [-0.15, -0.1) is 0 Å². The summed E-state index contributed by atoms with van der Waals surface area (Å²) in [4.78, 5) is 12.4. The molecule has 0 saturated carbocycles. The van der Waals surface area contributed by atoms with Crippen LogP contribution in [-0.4, -0.2) is 33.6 Å². The zero-order valence-corrected chi connectivity index (χ0v) is 19.6. The summed E-state index contributed by atoms with van der Waals surface area (Å²) in [7, 11) is -3.79. The molecule has 0 saturated heterocycles. The van der Waals surface area contributed by atoms with Gasteiger partial charge in [0.1, 0.15) is 17.6 Å². The van der Waals surface area contributed by atoms with Crippen molar-refractivity contribution < 1.29 is 22.7 Å². The molecule has 1 atom stereocenters. The van der Waals surface area contributed by atoms with E-state index in [0.29, 0.717) is 22.9 Å². The first-order valence-electron chi connectivity index (χ1n) is 10.6. The number of para-hydroxylation sites is 2. The summed E-state index contributed by atoms with van der Waals surface area (Å²) in [6.07, 6.45) is -0.273. The highest BCUT2D eigenvalue weighted by Gasteiger charge is 2.32. The van der Waals surface area contributed by atoms with Gasteiger partial charge in [0.2, 0.25) is 0 Å². The van der Waals surface area contributed by atoms with Crippen molar-refractivity contribution in [2.45, 2.75) is 31.8 Å². The molecule has 4 rings (SSSR count). The molecule has 1 N–H and O–H groups in total. The predicted octanol–water partition coefficient (Wildman–Crippen LogP) is 4.30. The molecule has 0 fully saturated rings. The lowest BCUT2D eigenvalue weighted by atomic mass is 10.1. The highest BCUT2D eigenvalue weighted by Crippen LogP contribution is 2.36. The first-order valence-corrected chi connectivity index (χ1v) is 12.1.